The summed E-state index contributed by atoms with van der Waals surface area (Å²) in [6, 6.07) is 8.23. The largest absolute Gasteiger partial charge is 0.362 e. The Morgan fingerprint density at radius 1 is 1.31 bits per heavy atom. The van der Waals surface area contributed by atoms with Gasteiger partial charge >= 0.3 is 0 Å². The summed E-state index contributed by atoms with van der Waals surface area (Å²) in [6.07, 6.45) is -1.63. The molecule has 0 amide bonds. The van der Waals surface area contributed by atoms with Crippen LogP contribution in [0, 0.1) is 0 Å². The zero-order valence-electron chi connectivity index (χ0n) is 8.07. The molecule has 6 heteroatoms. The Labute approximate surface area is 108 Å². The number of ketones is 1. The number of halogens is 3. The predicted molar refractivity (Wildman–Crippen MR) is 63.0 cm³/mol. The highest BCUT2D eigenvalue weighted by molar-refractivity contribution is 6.67. The van der Waals surface area contributed by atoms with Gasteiger partial charge in [-0.05, 0) is 0 Å². The number of aliphatic hydroxyl groups is 1. The zero-order chi connectivity index (χ0) is 12.2. The van der Waals surface area contributed by atoms with Crippen LogP contribution in [-0.4, -0.2) is 27.6 Å². The SMILES string of the molecule is O=C(c1ccccc1)C(O)OCC(Cl)(Cl)Cl. The molecule has 0 saturated heterocycles. The van der Waals surface area contributed by atoms with E-state index in [4.69, 9.17) is 39.5 Å². The second-order valence-electron chi connectivity index (χ2n) is 3.01. The lowest BCUT2D eigenvalue weighted by Gasteiger charge is -2.15. The molecule has 0 aromatic heterocycles. The third-order valence-corrected chi connectivity index (χ3v) is 2.01. The van der Waals surface area contributed by atoms with Gasteiger partial charge in [0, 0.05) is 5.56 Å². The molecule has 1 N–H and O–H groups in total. The first-order valence-electron chi connectivity index (χ1n) is 4.36. The van der Waals surface area contributed by atoms with Crippen LogP contribution in [0.4, 0.5) is 0 Å². The van der Waals surface area contributed by atoms with Crippen LogP contribution in [0.2, 0.25) is 0 Å². The minimum Gasteiger partial charge on any atom is -0.362 e. The molecule has 0 spiro atoms. The van der Waals surface area contributed by atoms with Gasteiger partial charge in [0.2, 0.25) is 15.9 Å². The highest BCUT2D eigenvalue weighted by atomic mass is 35.6. The summed E-state index contributed by atoms with van der Waals surface area (Å²) in [5.74, 6) is -0.574. The van der Waals surface area contributed by atoms with Crippen molar-refractivity contribution in [3.8, 4) is 0 Å². The number of rotatable bonds is 4. The summed E-state index contributed by atoms with van der Waals surface area (Å²) in [7, 11) is 0. The minimum absolute atomic E-state index is 0.333. The number of hydrogen-bond donors (Lipinski definition) is 1. The van der Waals surface area contributed by atoms with E-state index < -0.39 is 15.9 Å². The van der Waals surface area contributed by atoms with Crippen molar-refractivity contribution in [1.82, 2.24) is 0 Å². The van der Waals surface area contributed by atoms with E-state index in [0.29, 0.717) is 5.56 Å². The number of ether oxygens (including phenoxy) is 1. The highest BCUT2D eigenvalue weighted by Crippen LogP contribution is 2.26. The first-order valence-corrected chi connectivity index (χ1v) is 5.49. The van der Waals surface area contributed by atoms with Crippen molar-refractivity contribution in [2.24, 2.45) is 0 Å². The molecule has 1 aromatic carbocycles. The van der Waals surface area contributed by atoms with Gasteiger partial charge in [0.25, 0.3) is 0 Å². The molecule has 88 valence electrons. The van der Waals surface area contributed by atoms with Gasteiger partial charge in [-0.3, -0.25) is 4.79 Å². The van der Waals surface area contributed by atoms with Crippen molar-refractivity contribution >= 4 is 40.6 Å². The van der Waals surface area contributed by atoms with E-state index in [0.717, 1.165) is 0 Å². The normalized spacial score (nSPS) is 13.5. The Kier molecular flexibility index (Phi) is 5.02. The maximum absolute atomic E-state index is 11.6. The number of hydrogen-bond acceptors (Lipinski definition) is 3. The number of carbonyl (C=O) groups is 1. The van der Waals surface area contributed by atoms with Crippen molar-refractivity contribution < 1.29 is 14.6 Å². The van der Waals surface area contributed by atoms with Crippen molar-refractivity contribution in [2.75, 3.05) is 6.61 Å². The lowest BCUT2D eigenvalue weighted by molar-refractivity contribution is -0.0703. The van der Waals surface area contributed by atoms with Crippen molar-refractivity contribution in [3.05, 3.63) is 35.9 Å². The summed E-state index contributed by atoms with van der Waals surface area (Å²) >= 11 is 16.2. The number of alkyl halides is 3. The molecule has 0 heterocycles. The fourth-order valence-corrected chi connectivity index (χ4v) is 1.18. The fraction of sp³-hybridized carbons (Fsp3) is 0.300. The molecule has 0 aliphatic carbocycles. The molecule has 1 atom stereocenters. The van der Waals surface area contributed by atoms with Crippen LogP contribution in [0.15, 0.2) is 30.3 Å². The molecule has 1 rings (SSSR count). The molecular formula is C10H9Cl3O3. The summed E-state index contributed by atoms with van der Waals surface area (Å²) < 4.78 is 3.08. The average Bonchev–Trinajstić information content (AvgIpc) is 2.25. The van der Waals surface area contributed by atoms with Gasteiger partial charge in [-0.15, -0.1) is 0 Å². The lowest BCUT2D eigenvalue weighted by Crippen LogP contribution is -2.28. The number of benzene rings is 1. The van der Waals surface area contributed by atoms with Gasteiger partial charge in [-0.1, -0.05) is 65.1 Å². The molecule has 0 fully saturated rings. The first-order chi connectivity index (χ1) is 7.40. The van der Waals surface area contributed by atoms with Crippen LogP contribution in [0.1, 0.15) is 10.4 Å². The Morgan fingerprint density at radius 3 is 2.38 bits per heavy atom. The van der Waals surface area contributed by atoms with Crippen LogP contribution in [0.3, 0.4) is 0 Å². The zero-order valence-corrected chi connectivity index (χ0v) is 10.3. The monoisotopic (exact) mass is 282 g/mol. The first kappa shape index (κ1) is 13.7. The van der Waals surface area contributed by atoms with Gasteiger partial charge in [-0.2, -0.15) is 0 Å². The molecule has 0 radical (unpaired) electrons. The van der Waals surface area contributed by atoms with Gasteiger partial charge in [0.1, 0.15) is 0 Å². The second-order valence-corrected chi connectivity index (χ2v) is 5.52. The standard InChI is InChI=1S/C10H9Cl3O3/c11-10(12,13)6-16-9(15)8(14)7-4-2-1-3-5-7/h1-5,9,15H,6H2. The molecule has 1 aromatic rings. The predicted octanol–water partition coefficient (Wildman–Crippen LogP) is 2.57. The Hall–Kier alpha value is -0.320. The summed E-state index contributed by atoms with van der Waals surface area (Å²) in [4.78, 5) is 11.6. The quantitative estimate of drug-likeness (QED) is 0.525. The maximum Gasteiger partial charge on any atom is 0.220 e. The molecular weight excluding hydrogens is 274 g/mol. The van der Waals surface area contributed by atoms with Gasteiger partial charge in [-0.25, -0.2) is 0 Å². The van der Waals surface area contributed by atoms with Crippen LogP contribution in [0.5, 0.6) is 0 Å². The van der Waals surface area contributed by atoms with E-state index >= 15 is 0 Å². The van der Waals surface area contributed by atoms with E-state index in [1.807, 2.05) is 0 Å². The van der Waals surface area contributed by atoms with Gasteiger partial charge < -0.3 is 9.84 Å². The average molecular weight is 284 g/mol. The van der Waals surface area contributed by atoms with Crippen LogP contribution >= 0.6 is 34.8 Å². The molecule has 16 heavy (non-hydrogen) atoms. The minimum atomic E-state index is -1.65. The molecule has 3 nitrogen and oxygen atoms in total. The lowest BCUT2D eigenvalue weighted by atomic mass is 10.1. The van der Waals surface area contributed by atoms with Gasteiger partial charge in [0.15, 0.2) is 0 Å². The second kappa shape index (κ2) is 5.84. The van der Waals surface area contributed by atoms with E-state index in [9.17, 15) is 9.90 Å². The summed E-state index contributed by atoms with van der Waals surface area (Å²) in [6.45, 7) is -0.364. The Bertz CT molecular complexity index is 348. The van der Waals surface area contributed by atoms with E-state index in [2.05, 4.69) is 0 Å². The third-order valence-electron chi connectivity index (χ3n) is 1.69. The molecule has 0 bridgehead atoms. The van der Waals surface area contributed by atoms with Crippen LogP contribution in [0.25, 0.3) is 0 Å². The number of Topliss-reactive ketones (excluding diaryl/α,β-unsaturated/α-hetero) is 1. The topological polar surface area (TPSA) is 46.5 Å². The van der Waals surface area contributed by atoms with Crippen molar-refractivity contribution in [3.63, 3.8) is 0 Å². The van der Waals surface area contributed by atoms with E-state index in [1.165, 1.54) is 0 Å². The van der Waals surface area contributed by atoms with Crippen LogP contribution in [-0.2, 0) is 4.74 Å². The summed E-state index contributed by atoms with van der Waals surface area (Å²) in [5.41, 5.74) is 0.333. The molecule has 0 saturated carbocycles. The smallest absolute Gasteiger partial charge is 0.220 e. The number of carbonyl (C=O) groups excluding carboxylic acids is 1. The third kappa shape index (κ3) is 4.68. The van der Waals surface area contributed by atoms with E-state index in [1.54, 1.807) is 30.3 Å². The Morgan fingerprint density at radius 2 is 1.88 bits per heavy atom. The highest BCUT2D eigenvalue weighted by Gasteiger charge is 2.25. The molecule has 0 aliphatic rings. The summed E-state index contributed by atoms with van der Waals surface area (Å²) in [5, 5.41) is 9.39. The maximum atomic E-state index is 11.6. The fourth-order valence-electron chi connectivity index (χ4n) is 0.994. The molecule has 0 aliphatic heterocycles. The van der Waals surface area contributed by atoms with Crippen molar-refractivity contribution in [1.29, 1.82) is 0 Å². The van der Waals surface area contributed by atoms with Crippen molar-refractivity contribution in [2.45, 2.75) is 10.1 Å². The van der Waals surface area contributed by atoms with Gasteiger partial charge in [0.05, 0.1) is 6.61 Å². The molecule has 1 unspecified atom stereocenters. The number of aliphatic hydroxyl groups excluding tert-OH is 1. The Balaban J connectivity index is 2.55. The van der Waals surface area contributed by atoms with Crippen LogP contribution < -0.4 is 0 Å². The van der Waals surface area contributed by atoms with E-state index in [-0.39, 0.29) is 6.61 Å².